The number of carbonyl (C=O) groups is 3. The molecule has 4 amide bonds. The SMILES string of the molecule is CN1C(=O)N(c2ccccc2)C2(CCN(C(=O)OC(C)(C)C)CC2)C1=O. The number of hydrogen-bond acceptors (Lipinski definition) is 4. The summed E-state index contributed by atoms with van der Waals surface area (Å²) in [4.78, 5) is 42.3. The molecule has 1 spiro atoms. The smallest absolute Gasteiger partial charge is 0.410 e. The predicted molar refractivity (Wildman–Crippen MR) is 96.9 cm³/mol. The second kappa shape index (κ2) is 6.30. The number of para-hydroxylation sites is 1. The van der Waals surface area contributed by atoms with Gasteiger partial charge in [-0.05, 0) is 45.7 Å². The average molecular weight is 359 g/mol. The van der Waals surface area contributed by atoms with E-state index in [9.17, 15) is 14.4 Å². The molecule has 3 rings (SSSR count). The molecular weight excluding hydrogens is 334 g/mol. The molecule has 2 heterocycles. The minimum absolute atomic E-state index is 0.213. The number of piperidine rings is 1. The number of carbonyl (C=O) groups excluding carboxylic acids is 3. The van der Waals surface area contributed by atoms with Crippen LogP contribution in [0.1, 0.15) is 33.6 Å². The second-order valence-corrected chi connectivity index (χ2v) is 7.82. The Morgan fingerprint density at radius 3 is 2.19 bits per heavy atom. The number of hydrogen-bond donors (Lipinski definition) is 0. The van der Waals surface area contributed by atoms with E-state index in [4.69, 9.17) is 4.74 Å². The lowest BCUT2D eigenvalue weighted by Gasteiger charge is -2.42. The Balaban J connectivity index is 1.84. The number of ether oxygens (including phenoxy) is 1. The van der Waals surface area contributed by atoms with Crippen molar-refractivity contribution >= 4 is 23.7 Å². The van der Waals surface area contributed by atoms with Crippen LogP contribution in [-0.4, -0.2) is 59.1 Å². The fraction of sp³-hybridized carbons (Fsp3) is 0.526. The van der Waals surface area contributed by atoms with Gasteiger partial charge >= 0.3 is 12.1 Å². The third-order valence-electron chi connectivity index (χ3n) is 4.87. The van der Waals surface area contributed by atoms with Crippen LogP contribution >= 0.6 is 0 Å². The largest absolute Gasteiger partial charge is 0.444 e. The van der Waals surface area contributed by atoms with E-state index in [2.05, 4.69) is 0 Å². The molecule has 2 fully saturated rings. The lowest BCUT2D eigenvalue weighted by molar-refractivity contribution is -0.131. The molecule has 0 unspecified atom stereocenters. The Morgan fingerprint density at radius 2 is 1.65 bits per heavy atom. The topological polar surface area (TPSA) is 70.2 Å². The van der Waals surface area contributed by atoms with E-state index in [0.717, 1.165) is 0 Å². The lowest BCUT2D eigenvalue weighted by atomic mass is 9.85. The fourth-order valence-corrected chi connectivity index (χ4v) is 3.59. The zero-order valence-electron chi connectivity index (χ0n) is 15.7. The van der Waals surface area contributed by atoms with E-state index in [1.165, 1.54) is 11.9 Å². The number of anilines is 1. The Morgan fingerprint density at radius 1 is 1.08 bits per heavy atom. The summed E-state index contributed by atoms with van der Waals surface area (Å²) < 4.78 is 5.42. The first-order valence-electron chi connectivity index (χ1n) is 8.81. The van der Waals surface area contributed by atoms with Gasteiger partial charge in [0.2, 0.25) is 0 Å². The lowest BCUT2D eigenvalue weighted by Crippen LogP contribution is -2.58. The highest BCUT2D eigenvalue weighted by molar-refractivity contribution is 6.16. The summed E-state index contributed by atoms with van der Waals surface area (Å²) in [7, 11) is 1.51. The highest BCUT2D eigenvalue weighted by Crippen LogP contribution is 2.40. The van der Waals surface area contributed by atoms with Gasteiger partial charge in [0.05, 0.1) is 0 Å². The summed E-state index contributed by atoms with van der Waals surface area (Å²) in [6.07, 6.45) is 0.385. The van der Waals surface area contributed by atoms with E-state index >= 15 is 0 Å². The molecule has 1 aromatic rings. The van der Waals surface area contributed by atoms with Gasteiger partial charge in [0.1, 0.15) is 11.1 Å². The first-order chi connectivity index (χ1) is 12.2. The minimum Gasteiger partial charge on any atom is -0.444 e. The zero-order valence-corrected chi connectivity index (χ0v) is 15.7. The van der Waals surface area contributed by atoms with E-state index < -0.39 is 11.1 Å². The van der Waals surface area contributed by atoms with Crippen molar-refractivity contribution in [3.8, 4) is 0 Å². The predicted octanol–water partition coefficient (Wildman–Crippen LogP) is 2.85. The number of likely N-dealkylation sites (tertiary alicyclic amines) is 1. The van der Waals surface area contributed by atoms with Crippen molar-refractivity contribution in [2.24, 2.45) is 0 Å². The Labute approximate surface area is 153 Å². The maximum atomic E-state index is 12.9. The number of urea groups is 1. The van der Waals surface area contributed by atoms with Gasteiger partial charge in [0.25, 0.3) is 5.91 Å². The van der Waals surface area contributed by atoms with E-state index in [1.54, 1.807) is 9.80 Å². The highest BCUT2D eigenvalue weighted by Gasteiger charge is 2.58. The summed E-state index contributed by atoms with van der Waals surface area (Å²) in [5.41, 5.74) is -0.811. The van der Waals surface area contributed by atoms with E-state index in [-0.39, 0.29) is 18.0 Å². The minimum atomic E-state index is -0.939. The zero-order chi connectivity index (χ0) is 19.1. The average Bonchev–Trinajstić information content (AvgIpc) is 2.76. The van der Waals surface area contributed by atoms with Crippen molar-refractivity contribution in [3.05, 3.63) is 30.3 Å². The summed E-state index contributed by atoms with van der Waals surface area (Å²) >= 11 is 0. The molecule has 2 aliphatic heterocycles. The molecule has 2 aliphatic rings. The van der Waals surface area contributed by atoms with Crippen LogP contribution in [0.5, 0.6) is 0 Å². The maximum Gasteiger partial charge on any atom is 0.410 e. The highest BCUT2D eigenvalue weighted by atomic mass is 16.6. The molecule has 1 aromatic carbocycles. The third kappa shape index (κ3) is 3.02. The number of benzene rings is 1. The summed E-state index contributed by atoms with van der Waals surface area (Å²) in [5, 5.41) is 0. The molecule has 2 saturated heterocycles. The van der Waals surface area contributed by atoms with Gasteiger partial charge in [-0.1, -0.05) is 18.2 Å². The third-order valence-corrected chi connectivity index (χ3v) is 4.87. The van der Waals surface area contributed by atoms with Crippen molar-refractivity contribution in [1.29, 1.82) is 0 Å². The molecule has 0 radical (unpaired) electrons. The van der Waals surface area contributed by atoms with Crippen LogP contribution in [0.25, 0.3) is 0 Å². The quantitative estimate of drug-likeness (QED) is 0.723. The number of likely N-dealkylation sites (N-methyl/N-ethyl adjacent to an activating group) is 1. The van der Waals surface area contributed by atoms with E-state index in [1.807, 2.05) is 51.1 Å². The molecule has 7 nitrogen and oxygen atoms in total. The van der Waals surface area contributed by atoms with Gasteiger partial charge in [0.15, 0.2) is 0 Å². The van der Waals surface area contributed by atoms with Crippen molar-refractivity contribution in [3.63, 3.8) is 0 Å². The van der Waals surface area contributed by atoms with Crippen molar-refractivity contribution in [1.82, 2.24) is 9.80 Å². The first-order valence-corrected chi connectivity index (χ1v) is 8.81. The number of rotatable bonds is 1. The summed E-state index contributed by atoms with van der Waals surface area (Å²) in [5.74, 6) is -0.213. The first kappa shape index (κ1) is 18.2. The van der Waals surface area contributed by atoms with Crippen LogP contribution in [0.2, 0.25) is 0 Å². The molecule has 140 valence electrons. The number of nitrogens with zero attached hydrogens (tertiary/aromatic N) is 3. The van der Waals surface area contributed by atoms with Crippen LogP contribution in [-0.2, 0) is 9.53 Å². The van der Waals surface area contributed by atoms with Crippen molar-refractivity contribution < 1.29 is 19.1 Å². The van der Waals surface area contributed by atoms with Gasteiger partial charge in [-0.25, -0.2) is 9.59 Å². The van der Waals surface area contributed by atoms with Crippen LogP contribution in [0.4, 0.5) is 15.3 Å². The summed E-state index contributed by atoms with van der Waals surface area (Å²) in [6.45, 7) is 6.20. The molecule has 0 aliphatic carbocycles. The van der Waals surface area contributed by atoms with Gasteiger partial charge in [-0.15, -0.1) is 0 Å². The van der Waals surface area contributed by atoms with Crippen molar-refractivity contribution in [2.75, 3.05) is 25.0 Å². The molecular formula is C19H25N3O4. The van der Waals surface area contributed by atoms with Crippen molar-refractivity contribution in [2.45, 2.75) is 44.8 Å². The molecule has 26 heavy (non-hydrogen) atoms. The molecule has 0 saturated carbocycles. The standard InChI is InChI=1S/C19H25N3O4/c1-18(2,3)26-17(25)21-12-10-19(11-13-21)15(23)20(4)16(24)22(19)14-8-6-5-7-9-14/h5-9H,10-13H2,1-4H3. The van der Waals surface area contributed by atoms with Crippen LogP contribution in [0.15, 0.2) is 30.3 Å². The van der Waals surface area contributed by atoms with Gasteiger partial charge in [-0.3, -0.25) is 14.6 Å². The number of imide groups is 1. The molecule has 7 heteroatoms. The van der Waals surface area contributed by atoms with Gasteiger partial charge < -0.3 is 9.64 Å². The maximum absolute atomic E-state index is 12.9. The van der Waals surface area contributed by atoms with Gasteiger partial charge in [0, 0.05) is 25.8 Å². The molecule has 0 N–H and O–H groups in total. The normalized spacial score (nSPS) is 20.1. The fourth-order valence-electron chi connectivity index (χ4n) is 3.59. The Kier molecular flexibility index (Phi) is 4.42. The second-order valence-electron chi connectivity index (χ2n) is 7.82. The molecule has 0 atom stereocenters. The molecule has 0 bridgehead atoms. The van der Waals surface area contributed by atoms with Crippen LogP contribution in [0.3, 0.4) is 0 Å². The number of amides is 4. The van der Waals surface area contributed by atoms with Gasteiger partial charge in [-0.2, -0.15) is 0 Å². The molecule has 0 aromatic heterocycles. The summed E-state index contributed by atoms with van der Waals surface area (Å²) in [6, 6.07) is 8.88. The van der Waals surface area contributed by atoms with E-state index in [0.29, 0.717) is 31.6 Å². The Hall–Kier alpha value is -2.57. The van der Waals surface area contributed by atoms with Crippen LogP contribution in [0, 0.1) is 0 Å². The van der Waals surface area contributed by atoms with Crippen LogP contribution < -0.4 is 4.90 Å². The monoisotopic (exact) mass is 359 g/mol. The Bertz CT molecular complexity index is 718.